The zero-order chi connectivity index (χ0) is 22.2. The van der Waals surface area contributed by atoms with Gasteiger partial charge in [-0.1, -0.05) is 58.3 Å². The third-order valence-electron chi connectivity index (χ3n) is 4.32. The van der Waals surface area contributed by atoms with Crippen molar-refractivity contribution in [2.75, 3.05) is 0 Å². The summed E-state index contributed by atoms with van der Waals surface area (Å²) in [4.78, 5) is 41.9. The Labute approximate surface area is 170 Å². The molecule has 0 unspecified atom stereocenters. The van der Waals surface area contributed by atoms with E-state index >= 15 is 0 Å². The first-order valence-corrected chi connectivity index (χ1v) is 9.72. The Bertz CT molecular complexity index is 604. The minimum Gasteiger partial charge on any atom is -0.481 e. The number of unbranched alkanes of at least 4 members (excludes halogenated alkanes) is 7. The summed E-state index contributed by atoms with van der Waals surface area (Å²) in [5.74, 6) is -5.80. The first-order chi connectivity index (χ1) is 13.7. The number of aromatic carboxylic acids is 2. The fourth-order valence-electron chi connectivity index (χ4n) is 2.59. The van der Waals surface area contributed by atoms with Crippen LogP contribution in [0.2, 0.25) is 0 Å². The van der Waals surface area contributed by atoms with Crippen molar-refractivity contribution in [3.8, 4) is 0 Å². The average molecular weight is 410 g/mol. The fraction of sp³-hybridized carbons (Fsp3) is 0.524. The molecular formula is C21H30O8. The summed E-state index contributed by atoms with van der Waals surface area (Å²) >= 11 is 0. The van der Waals surface area contributed by atoms with Gasteiger partial charge in [-0.3, -0.25) is 9.59 Å². The number of carboxylic acids is 4. The number of carbonyl (C=O) groups is 4. The van der Waals surface area contributed by atoms with Crippen LogP contribution in [-0.4, -0.2) is 44.3 Å². The molecule has 29 heavy (non-hydrogen) atoms. The van der Waals surface area contributed by atoms with Crippen LogP contribution >= 0.6 is 0 Å². The van der Waals surface area contributed by atoms with E-state index in [9.17, 15) is 19.2 Å². The van der Waals surface area contributed by atoms with Crippen molar-refractivity contribution in [3.63, 3.8) is 0 Å². The van der Waals surface area contributed by atoms with Crippen LogP contribution in [0.5, 0.6) is 0 Å². The summed E-state index contributed by atoms with van der Waals surface area (Å²) in [6.07, 6.45) is 9.14. The van der Waals surface area contributed by atoms with E-state index in [1.165, 1.54) is 56.4 Å². The maximum absolute atomic E-state index is 10.6. The van der Waals surface area contributed by atoms with Gasteiger partial charge < -0.3 is 20.4 Å². The van der Waals surface area contributed by atoms with E-state index < -0.39 is 29.8 Å². The van der Waals surface area contributed by atoms with Gasteiger partial charge in [-0.05, 0) is 30.7 Å². The number of hydrogen-bond donors (Lipinski definition) is 4. The van der Waals surface area contributed by atoms with E-state index in [0.29, 0.717) is 6.42 Å². The van der Waals surface area contributed by atoms with Crippen LogP contribution in [0.1, 0.15) is 85.4 Å². The molecule has 1 aromatic rings. The van der Waals surface area contributed by atoms with Crippen LogP contribution < -0.4 is 0 Å². The van der Waals surface area contributed by atoms with Crippen LogP contribution in [-0.2, 0) is 9.59 Å². The molecular weight excluding hydrogens is 380 g/mol. The lowest BCUT2D eigenvalue weighted by Gasteiger charge is -2.06. The molecule has 0 aliphatic carbocycles. The number of rotatable bonds is 13. The molecule has 0 aliphatic heterocycles. The number of carboxylic acid groups (broad SMARTS) is 4. The molecule has 0 aliphatic rings. The largest absolute Gasteiger partial charge is 0.481 e. The molecule has 162 valence electrons. The molecule has 1 aromatic carbocycles. The van der Waals surface area contributed by atoms with Gasteiger partial charge in [-0.2, -0.15) is 0 Å². The van der Waals surface area contributed by atoms with E-state index in [-0.39, 0.29) is 17.5 Å². The van der Waals surface area contributed by atoms with Gasteiger partial charge in [-0.15, -0.1) is 0 Å². The third kappa shape index (κ3) is 12.2. The van der Waals surface area contributed by atoms with E-state index in [1.54, 1.807) is 0 Å². The van der Waals surface area contributed by atoms with Crippen molar-refractivity contribution in [1.82, 2.24) is 0 Å². The number of benzene rings is 1. The van der Waals surface area contributed by atoms with E-state index in [0.717, 1.165) is 12.8 Å². The van der Waals surface area contributed by atoms with Gasteiger partial charge in [0.05, 0.1) is 11.1 Å². The average Bonchev–Trinajstić information content (AvgIpc) is 2.66. The van der Waals surface area contributed by atoms with Crippen LogP contribution in [0.4, 0.5) is 0 Å². The zero-order valence-electron chi connectivity index (χ0n) is 16.7. The molecule has 4 N–H and O–H groups in total. The zero-order valence-corrected chi connectivity index (χ0v) is 16.7. The summed E-state index contributed by atoms with van der Waals surface area (Å²) in [5.41, 5.74) is 0.167. The minimum absolute atomic E-state index is 0.0833. The Morgan fingerprint density at radius 3 is 1.31 bits per heavy atom. The van der Waals surface area contributed by atoms with Crippen molar-refractivity contribution >= 4 is 23.9 Å². The van der Waals surface area contributed by atoms with Gasteiger partial charge in [0.15, 0.2) is 5.92 Å². The lowest BCUT2D eigenvalue weighted by molar-refractivity contribution is -0.154. The van der Waals surface area contributed by atoms with Crippen molar-refractivity contribution in [2.24, 2.45) is 5.92 Å². The third-order valence-corrected chi connectivity index (χ3v) is 4.32. The highest BCUT2D eigenvalue weighted by molar-refractivity contribution is 5.93. The maximum Gasteiger partial charge on any atom is 0.335 e. The van der Waals surface area contributed by atoms with Crippen LogP contribution in [0.25, 0.3) is 0 Å². The van der Waals surface area contributed by atoms with Crippen LogP contribution in [0.3, 0.4) is 0 Å². The molecule has 8 heteroatoms. The first kappa shape index (κ1) is 26.1. The SMILES string of the molecule is CCCCCCCCCCC(C(=O)O)C(=O)O.O=C(O)c1ccc(C(=O)O)cc1. The first-order valence-electron chi connectivity index (χ1n) is 9.72. The van der Waals surface area contributed by atoms with E-state index in [2.05, 4.69) is 6.92 Å². The van der Waals surface area contributed by atoms with Crippen molar-refractivity contribution < 1.29 is 39.6 Å². The monoisotopic (exact) mass is 410 g/mol. The maximum atomic E-state index is 10.6. The van der Waals surface area contributed by atoms with Crippen LogP contribution in [0.15, 0.2) is 24.3 Å². The fourth-order valence-corrected chi connectivity index (χ4v) is 2.59. The molecule has 0 aromatic heterocycles. The Balaban J connectivity index is 0.000000571. The van der Waals surface area contributed by atoms with Gasteiger partial charge in [0.25, 0.3) is 0 Å². The number of aliphatic carboxylic acids is 2. The summed E-state index contributed by atoms with van der Waals surface area (Å²) in [7, 11) is 0. The summed E-state index contributed by atoms with van der Waals surface area (Å²) in [6.45, 7) is 2.18. The summed E-state index contributed by atoms with van der Waals surface area (Å²) < 4.78 is 0. The highest BCUT2D eigenvalue weighted by Gasteiger charge is 2.24. The quantitative estimate of drug-likeness (QED) is 0.276. The molecule has 0 bridgehead atoms. The predicted molar refractivity (Wildman–Crippen MR) is 106 cm³/mol. The smallest absolute Gasteiger partial charge is 0.335 e. The summed E-state index contributed by atoms with van der Waals surface area (Å²) in [5, 5.41) is 34.3. The topological polar surface area (TPSA) is 149 Å². The van der Waals surface area contributed by atoms with Crippen LogP contribution in [0, 0.1) is 5.92 Å². The molecule has 8 nitrogen and oxygen atoms in total. The second kappa shape index (κ2) is 15.1. The Kier molecular flexibility index (Phi) is 13.6. The molecule has 0 spiro atoms. The molecule has 0 amide bonds. The molecule has 0 heterocycles. The normalized spacial score (nSPS) is 10.1. The summed E-state index contributed by atoms with van der Waals surface area (Å²) in [6, 6.07) is 5.02. The van der Waals surface area contributed by atoms with E-state index in [1.807, 2.05) is 0 Å². The van der Waals surface area contributed by atoms with Crippen molar-refractivity contribution in [3.05, 3.63) is 35.4 Å². The van der Waals surface area contributed by atoms with Gasteiger partial charge >= 0.3 is 23.9 Å². The second-order valence-electron chi connectivity index (χ2n) is 6.68. The van der Waals surface area contributed by atoms with Gasteiger partial charge in [0.2, 0.25) is 0 Å². The number of hydrogen-bond acceptors (Lipinski definition) is 4. The van der Waals surface area contributed by atoms with Gasteiger partial charge in [-0.25, -0.2) is 9.59 Å². The lowest BCUT2D eigenvalue weighted by Crippen LogP contribution is -2.23. The predicted octanol–water partition coefficient (Wildman–Crippen LogP) is 4.39. The molecule has 0 radical (unpaired) electrons. The standard InChI is InChI=1S/C13H24O4.C8H6O4/c1-2-3-4-5-6-7-8-9-10-11(12(14)15)13(16)17;9-7(10)5-1-2-6(4-3-5)8(11)12/h11H,2-10H2,1H3,(H,14,15)(H,16,17);1-4H,(H,9,10)(H,11,12). The van der Waals surface area contributed by atoms with E-state index in [4.69, 9.17) is 20.4 Å². The Hall–Kier alpha value is -2.90. The minimum atomic E-state index is -1.23. The van der Waals surface area contributed by atoms with Crippen molar-refractivity contribution in [2.45, 2.75) is 64.7 Å². The Morgan fingerprint density at radius 2 is 1.00 bits per heavy atom. The van der Waals surface area contributed by atoms with Crippen molar-refractivity contribution in [1.29, 1.82) is 0 Å². The second-order valence-corrected chi connectivity index (χ2v) is 6.68. The molecule has 0 saturated carbocycles. The van der Waals surface area contributed by atoms with Gasteiger partial charge in [0.1, 0.15) is 0 Å². The lowest BCUT2D eigenvalue weighted by atomic mass is 10.0. The molecule has 0 atom stereocenters. The molecule has 1 rings (SSSR count). The van der Waals surface area contributed by atoms with Gasteiger partial charge in [0, 0.05) is 0 Å². The highest BCUT2D eigenvalue weighted by Crippen LogP contribution is 2.13. The molecule has 0 fully saturated rings. The Morgan fingerprint density at radius 1 is 0.655 bits per heavy atom. The highest BCUT2D eigenvalue weighted by atomic mass is 16.4. The molecule has 0 saturated heterocycles.